The van der Waals surface area contributed by atoms with Crippen molar-refractivity contribution in [2.45, 2.75) is 6.18 Å². The molecule has 2 N–H and O–H groups in total. The molecule has 0 spiro atoms. The highest BCUT2D eigenvalue weighted by atomic mass is 35.5. The molecule has 6 nitrogen and oxygen atoms in total. The number of rotatable bonds is 5. The van der Waals surface area contributed by atoms with E-state index in [0.29, 0.717) is 17.4 Å². The zero-order valence-corrected chi connectivity index (χ0v) is 16.7. The van der Waals surface area contributed by atoms with Gasteiger partial charge in [-0.15, -0.1) is 0 Å². The summed E-state index contributed by atoms with van der Waals surface area (Å²) in [7, 11) is 0. The van der Waals surface area contributed by atoms with Crippen molar-refractivity contribution in [1.82, 2.24) is 0 Å². The van der Waals surface area contributed by atoms with Crippen LogP contribution in [0.4, 0.5) is 18.9 Å². The van der Waals surface area contributed by atoms with Gasteiger partial charge in [0, 0.05) is 17.3 Å². The number of hydrogen-bond donors (Lipinski definition) is 2. The van der Waals surface area contributed by atoms with E-state index in [2.05, 4.69) is 5.32 Å². The molecule has 0 atom stereocenters. The molecular weight excluding hydrogens is 449 g/mol. The Morgan fingerprint density at radius 1 is 1.09 bits per heavy atom. The third-order valence-electron chi connectivity index (χ3n) is 4.22. The number of benzene rings is 2. The van der Waals surface area contributed by atoms with Gasteiger partial charge >= 0.3 is 12.1 Å². The number of carbonyl (C=O) groups excluding carboxylic acids is 1. The van der Waals surface area contributed by atoms with Crippen molar-refractivity contribution in [3.63, 3.8) is 0 Å². The zero-order valence-electron chi connectivity index (χ0n) is 15.9. The van der Waals surface area contributed by atoms with Crippen molar-refractivity contribution < 1.29 is 32.3 Å². The van der Waals surface area contributed by atoms with E-state index >= 15 is 0 Å². The number of aromatic carboxylic acids is 1. The number of nitrogens with zero attached hydrogens (tertiary/aromatic N) is 1. The van der Waals surface area contributed by atoms with Crippen LogP contribution in [0.5, 0.6) is 0 Å². The quantitative estimate of drug-likeness (QED) is 0.366. The van der Waals surface area contributed by atoms with Crippen molar-refractivity contribution in [1.29, 1.82) is 5.26 Å². The first-order chi connectivity index (χ1) is 15.1. The van der Waals surface area contributed by atoms with Crippen LogP contribution >= 0.6 is 11.6 Å². The van der Waals surface area contributed by atoms with Gasteiger partial charge in [-0.2, -0.15) is 18.4 Å². The maximum Gasteiger partial charge on any atom is 0.417 e. The summed E-state index contributed by atoms with van der Waals surface area (Å²) in [6.07, 6.45) is -3.58. The lowest BCUT2D eigenvalue weighted by Gasteiger charge is -2.11. The van der Waals surface area contributed by atoms with Gasteiger partial charge in [0.25, 0.3) is 5.91 Å². The molecule has 3 rings (SSSR count). The van der Waals surface area contributed by atoms with E-state index in [1.807, 2.05) is 0 Å². The monoisotopic (exact) mass is 460 g/mol. The number of halogens is 4. The molecule has 3 aromatic rings. The largest absolute Gasteiger partial charge is 0.478 e. The van der Waals surface area contributed by atoms with Crippen molar-refractivity contribution >= 4 is 35.2 Å². The second kappa shape index (κ2) is 8.99. The van der Waals surface area contributed by atoms with Gasteiger partial charge in [0.1, 0.15) is 23.2 Å². The van der Waals surface area contributed by atoms with E-state index in [9.17, 15) is 28.0 Å². The first-order valence-electron chi connectivity index (χ1n) is 8.82. The van der Waals surface area contributed by atoms with E-state index < -0.39 is 34.2 Å². The van der Waals surface area contributed by atoms with E-state index in [1.54, 1.807) is 12.1 Å². The predicted octanol–water partition coefficient (Wildman–Crippen LogP) is 5.86. The predicted molar refractivity (Wildman–Crippen MR) is 110 cm³/mol. The van der Waals surface area contributed by atoms with Crippen LogP contribution in [0.1, 0.15) is 21.7 Å². The third-order valence-corrected chi connectivity index (χ3v) is 4.55. The molecule has 0 saturated carbocycles. The van der Waals surface area contributed by atoms with Crippen LogP contribution in [0.15, 0.2) is 64.6 Å². The normalized spacial score (nSPS) is 11.7. The molecule has 0 unspecified atom stereocenters. The van der Waals surface area contributed by atoms with Crippen LogP contribution in [0.2, 0.25) is 5.02 Å². The number of carboxylic acids is 1. The number of carbonyl (C=O) groups is 2. The Morgan fingerprint density at radius 2 is 1.78 bits per heavy atom. The van der Waals surface area contributed by atoms with Crippen LogP contribution in [-0.4, -0.2) is 17.0 Å². The third kappa shape index (κ3) is 5.17. The number of nitrogens with one attached hydrogen (secondary N) is 1. The van der Waals surface area contributed by atoms with Crippen molar-refractivity contribution in [3.05, 3.63) is 82.1 Å². The maximum atomic E-state index is 13.0. The Hall–Kier alpha value is -4.03. The average molecular weight is 461 g/mol. The fourth-order valence-electron chi connectivity index (χ4n) is 2.67. The fourth-order valence-corrected chi connectivity index (χ4v) is 2.90. The van der Waals surface area contributed by atoms with Gasteiger partial charge in [-0.1, -0.05) is 23.7 Å². The molecule has 0 aliphatic carbocycles. The summed E-state index contributed by atoms with van der Waals surface area (Å²) in [6, 6.07) is 13.4. The molecule has 162 valence electrons. The molecule has 1 amide bonds. The molecule has 0 radical (unpaired) electrons. The summed E-state index contributed by atoms with van der Waals surface area (Å²) in [4.78, 5) is 23.3. The first kappa shape index (κ1) is 22.7. The van der Waals surface area contributed by atoms with E-state index in [1.165, 1.54) is 36.4 Å². The van der Waals surface area contributed by atoms with Gasteiger partial charge in [-0.05, 0) is 42.5 Å². The Bertz CT molecular complexity index is 1260. The molecule has 32 heavy (non-hydrogen) atoms. The summed E-state index contributed by atoms with van der Waals surface area (Å²) in [5.74, 6) is -1.52. The lowest BCUT2D eigenvalue weighted by atomic mass is 10.1. The molecule has 10 heteroatoms. The Morgan fingerprint density at radius 3 is 2.38 bits per heavy atom. The highest BCUT2D eigenvalue weighted by Gasteiger charge is 2.33. The molecule has 0 bridgehead atoms. The summed E-state index contributed by atoms with van der Waals surface area (Å²) >= 11 is 5.55. The molecule has 0 aliphatic heterocycles. The number of carboxylic acid groups (broad SMARTS) is 1. The van der Waals surface area contributed by atoms with E-state index in [0.717, 1.165) is 12.1 Å². The number of hydrogen-bond acceptors (Lipinski definition) is 4. The minimum Gasteiger partial charge on any atom is -0.478 e. The Labute approximate surface area is 184 Å². The molecule has 0 aliphatic rings. The minimum absolute atomic E-state index is 0.0970. The zero-order chi connectivity index (χ0) is 23.5. The molecule has 1 heterocycles. The Kier molecular flexibility index (Phi) is 6.37. The fraction of sp³-hybridized carbons (Fsp3) is 0.0455. The van der Waals surface area contributed by atoms with Gasteiger partial charge in [0.15, 0.2) is 0 Å². The van der Waals surface area contributed by atoms with Crippen LogP contribution in [-0.2, 0) is 11.0 Å². The number of amides is 1. The van der Waals surface area contributed by atoms with Crippen LogP contribution in [0.25, 0.3) is 17.4 Å². The SMILES string of the molecule is N#C/C(=C\c1ccc(-c2ccc(C(=O)O)cc2)o1)C(=O)Nc1ccc(Cl)c(C(F)(F)F)c1. The topological polar surface area (TPSA) is 103 Å². The summed E-state index contributed by atoms with van der Waals surface area (Å²) in [6.45, 7) is 0. The lowest BCUT2D eigenvalue weighted by molar-refractivity contribution is -0.137. The smallest absolute Gasteiger partial charge is 0.417 e. The average Bonchev–Trinajstić information content (AvgIpc) is 3.21. The summed E-state index contributed by atoms with van der Waals surface area (Å²) in [5.41, 5.74) is -1.05. The highest BCUT2D eigenvalue weighted by molar-refractivity contribution is 6.31. The molecule has 1 aromatic heterocycles. The van der Waals surface area contributed by atoms with E-state index in [-0.39, 0.29) is 17.0 Å². The van der Waals surface area contributed by atoms with Gasteiger partial charge in [-0.25, -0.2) is 4.79 Å². The summed E-state index contributed by atoms with van der Waals surface area (Å²) in [5, 5.41) is 19.9. The molecular formula is C22H12ClF3N2O4. The van der Waals surface area contributed by atoms with Gasteiger partial charge in [0.2, 0.25) is 0 Å². The number of furan rings is 1. The lowest BCUT2D eigenvalue weighted by Crippen LogP contribution is -2.14. The van der Waals surface area contributed by atoms with Gasteiger partial charge in [0.05, 0.1) is 16.1 Å². The molecule has 0 saturated heterocycles. The highest BCUT2D eigenvalue weighted by Crippen LogP contribution is 2.36. The second-order valence-electron chi connectivity index (χ2n) is 6.40. The number of anilines is 1. The minimum atomic E-state index is -4.71. The second-order valence-corrected chi connectivity index (χ2v) is 6.81. The van der Waals surface area contributed by atoms with Crippen molar-refractivity contribution in [2.24, 2.45) is 0 Å². The number of alkyl halides is 3. The van der Waals surface area contributed by atoms with Crippen LogP contribution in [0.3, 0.4) is 0 Å². The standard InChI is InChI=1S/C22H12ClF3N2O4/c23-18-7-5-15(10-17(18)22(24,25)26)28-20(29)14(11-27)9-16-6-8-19(32-16)12-1-3-13(4-2-12)21(30)31/h1-10H,(H,28,29)(H,30,31)/b14-9+. The summed E-state index contributed by atoms with van der Waals surface area (Å²) < 4.78 is 44.5. The van der Waals surface area contributed by atoms with Crippen LogP contribution in [0, 0.1) is 11.3 Å². The number of nitriles is 1. The first-order valence-corrected chi connectivity index (χ1v) is 9.20. The Balaban J connectivity index is 1.80. The molecule has 2 aromatic carbocycles. The molecule has 0 fully saturated rings. The van der Waals surface area contributed by atoms with Gasteiger partial charge in [-0.3, -0.25) is 4.79 Å². The van der Waals surface area contributed by atoms with Gasteiger partial charge < -0.3 is 14.8 Å². The van der Waals surface area contributed by atoms with Crippen LogP contribution < -0.4 is 5.32 Å². The van der Waals surface area contributed by atoms with E-state index in [4.69, 9.17) is 21.1 Å². The van der Waals surface area contributed by atoms with Crippen molar-refractivity contribution in [3.8, 4) is 17.4 Å². The maximum absolute atomic E-state index is 13.0. The van der Waals surface area contributed by atoms with Crippen molar-refractivity contribution in [2.75, 3.05) is 5.32 Å².